The maximum Gasteiger partial charge on any atom is 0.425 e. The van der Waals surface area contributed by atoms with Crippen molar-refractivity contribution in [2.24, 2.45) is 0 Å². The number of thiophene rings is 1. The summed E-state index contributed by atoms with van der Waals surface area (Å²) in [5.74, 6) is -0.642. The molecule has 4 rings (SSSR count). The van der Waals surface area contributed by atoms with Gasteiger partial charge in [0.25, 0.3) is 0 Å². The molecule has 0 spiro atoms. The van der Waals surface area contributed by atoms with Gasteiger partial charge in [-0.05, 0) is 47.7 Å². The van der Waals surface area contributed by atoms with E-state index in [1.165, 1.54) is 18.2 Å². The molecule has 1 aromatic carbocycles. The molecule has 3 nitrogen and oxygen atoms in total. The molecule has 0 saturated heterocycles. The van der Waals surface area contributed by atoms with E-state index in [1.54, 1.807) is 0 Å². The molecule has 0 amide bonds. The topological polar surface area (TPSA) is 52.5 Å². The number of phenols is 2. The second-order valence-corrected chi connectivity index (χ2v) is 7.17. The number of hydrogen-bond donors (Lipinski definition) is 3. The molecule has 24 heavy (non-hydrogen) atoms. The summed E-state index contributed by atoms with van der Waals surface area (Å²) in [6.45, 7) is 0.441. The number of aromatic hydroxyl groups is 2. The first-order valence-corrected chi connectivity index (χ1v) is 8.14. The highest BCUT2D eigenvalue weighted by Crippen LogP contribution is 2.48. The molecular weight excluding hydrogens is 407 g/mol. The molecule has 1 aromatic heterocycles. The third kappa shape index (κ3) is 2.70. The van der Waals surface area contributed by atoms with E-state index in [9.17, 15) is 23.4 Å². The minimum absolute atomic E-state index is 0. The average molecular weight is 422 g/mol. The average Bonchev–Trinajstić information content (AvgIpc) is 2.92. The summed E-state index contributed by atoms with van der Waals surface area (Å²) < 4.78 is 39.1. The van der Waals surface area contributed by atoms with Crippen molar-refractivity contribution >= 4 is 28.3 Å². The van der Waals surface area contributed by atoms with Crippen LogP contribution in [0.1, 0.15) is 38.8 Å². The van der Waals surface area contributed by atoms with Gasteiger partial charge in [-0.3, -0.25) is 0 Å². The standard InChI is InChI=1S/C16H14F3NO2S.BrH/c17-16(18,19)14-5-9-13(23-14)6-20-10-2-1-7-3-11(21)12(22)4-8(7)15(9)10;/h3-5,10,15,20-22H,1-2,6H2;1H/t10-,15+;/m1./s1. The summed E-state index contributed by atoms with van der Waals surface area (Å²) in [6.07, 6.45) is -2.83. The fourth-order valence-corrected chi connectivity index (χ4v) is 4.67. The molecule has 8 heteroatoms. The van der Waals surface area contributed by atoms with Gasteiger partial charge in [0.05, 0.1) is 0 Å². The molecule has 2 aliphatic rings. The van der Waals surface area contributed by atoms with Crippen LogP contribution in [0.5, 0.6) is 11.5 Å². The summed E-state index contributed by atoms with van der Waals surface area (Å²) in [7, 11) is 0. The van der Waals surface area contributed by atoms with Crippen molar-refractivity contribution in [3.8, 4) is 11.5 Å². The largest absolute Gasteiger partial charge is 0.504 e. The fraction of sp³-hybridized carbons (Fsp3) is 0.375. The number of fused-ring (bicyclic) bond motifs is 5. The number of benzene rings is 1. The van der Waals surface area contributed by atoms with Crippen molar-refractivity contribution < 1.29 is 23.4 Å². The minimum Gasteiger partial charge on any atom is -0.504 e. The van der Waals surface area contributed by atoms with Crippen LogP contribution >= 0.6 is 28.3 Å². The number of alkyl halides is 3. The van der Waals surface area contributed by atoms with Gasteiger partial charge in [-0.1, -0.05) is 0 Å². The van der Waals surface area contributed by atoms with Gasteiger partial charge in [0.2, 0.25) is 0 Å². The first kappa shape index (κ1) is 17.6. The Labute approximate surface area is 150 Å². The van der Waals surface area contributed by atoms with Gasteiger partial charge in [0.15, 0.2) is 11.5 Å². The van der Waals surface area contributed by atoms with Gasteiger partial charge < -0.3 is 15.5 Å². The number of nitrogens with one attached hydrogen (secondary N) is 1. The molecule has 130 valence electrons. The van der Waals surface area contributed by atoms with Crippen LogP contribution in [0, 0.1) is 0 Å². The van der Waals surface area contributed by atoms with E-state index in [4.69, 9.17) is 0 Å². The van der Waals surface area contributed by atoms with Gasteiger partial charge in [-0.15, -0.1) is 28.3 Å². The molecule has 0 bridgehead atoms. The second-order valence-electron chi connectivity index (χ2n) is 6.03. The van der Waals surface area contributed by atoms with E-state index in [1.807, 2.05) is 0 Å². The Morgan fingerprint density at radius 3 is 2.50 bits per heavy atom. The van der Waals surface area contributed by atoms with E-state index in [0.29, 0.717) is 17.0 Å². The van der Waals surface area contributed by atoms with E-state index in [-0.39, 0.29) is 40.4 Å². The molecular formula is C16H15BrF3NO2S. The van der Waals surface area contributed by atoms with Gasteiger partial charge >= 0.3 is 6.18 Å². The van der Waals surface area contributed by atoms with Crippen LogP contribution in [0.15, 0.2) is 18.2 Å². The lowest BCUT2D eigenvalue weighted by atomic mass is 9.74. The molecule has 1 aliphatic heterocycles. The monoisotopic (exact) mass is 421 g/mol. The molecule has 2 aromatic rings. The normalized spacial score (nSPS) is 22.1. The highest BCUT2D eigenvalue weighted by Gasteiger charge is 2.40. The van der Waals surface area contributed by atoms with Crippen LogP contribution < -0.4 is 5.32 Å². The summed E-state index contributed by atoms with van der Waals surface area (Å²) in [6, 6.07) is 4.31. The van der Waals surface area contributed by atoms with Crippen molar-refractivity contribution in [3.63, 3.8) is 0 Å². The number of phenolic OH excluding ortho intramolecular Hbond substituents is 2. The second kappa shape index (κ2) is 5.93. The van der Waals surface area contributed by atoms with Crippen LogP contribution in [0.2, 0.25) is 0 Å². The Balaban J connectivity index is 0.00000169. The Kier molecular flexibility index (Phi) is 4.34. The number of halogens is 4. The summed E-state index contributed by atoms with van der Waals surface area (Å²) >= 11 is 0.781. The summed E-state index contributed by atoms with van der Waals surface area (Å²) in [5.41, 5.74) is 2.38. The zero-order chi connectivity index (χ0) is 16.4. The fourth-order valence-electron chi connectivity index (χ4n) is 3.65. The lowest BCUT2D eigenvalue weighted by Gasteiger charge is -2.38. The molecule has 0 fully saturated rings. The van der Waals surface area contributed by atoms with Crippen molar-refractivity contribution in [3.05, 3.63) is 44.6 Å². The highest BCUT2D eigenvalue weighted by molar-refractivity contribution is 8.93. The van der Waals surface area contributed by atoms with E-state index in [0.717, 1.165) is 35.3 Å². The van der Waals surface area contributed by atoms with Crippen molar-refractivity contribution in [2.75, 3.05) is 0 Å². The predicted octanol–water partition coefficient (Wildman–Crippen LogP) is 4.31. The number of hydrogen-bond acceptors (Lipinski definition) is 4. The first-order chi connectivity index (χ1) is 10.8. The minimum atomic E-state index is -4.34. The van der Waals surface area contributed by atoms with E-state index >= 15 is 0 Å². The number of rotatable bonds is 0. The zero-order valence-corrected chi connectivity index (χ0v) is 14.9. The van der Waals surface area contributed by atoms with Gasteiger partial charge in [0.1, 0.15) is 4.88 Å². The smallest absolute Gasteiger partial charge is 0.425 e. The van der Waals surface area contributed by atoms with Crippen molar-refractivity contribution in [1.29, 1.82) is 0 Å². The number of aryl methyl sites for hydroxylation is 1. The third-order valence-corrected chi connectivity index (χ3v) is 5.88. The summed E-state index contributed by atoms with van der Waals surface area (Å²) in [5, 5.41) is 22.8. The van der Waals surface area contributed by atoms with E-state index < -0.39 is 11.1 Å². The maximum absolute atomic E-state index is 13.0. The van der Waals surface area contributed by atoms with Crippen LogP contribution in [-0.4, -0.2) is 16.3 Å². The molecule has 3 N–H and O–H groups in total. The Hall–Kier alpha value is -1.25. The third-order valence-electron chi connectivity index (χ3n) is 4.68. The quantitative estimate of drug-likeness (QED) is 0.555. The van der Waals surface area contributed by atoms with Gasteiger partial charge in [-0.2, -0.15) is 13.2 Å². The zero-order valence-electron chi connectivity index (χ0n) is 12.4. The van der Waals surface area contributed by atoms with Gasteiger partial charge in [0, 0.05) is 23.4 Å². The van der Waals surface area contributed by atoms with Crippen LogP contribution in [-0.2, 0) is 19.1 Å². The van der Waals surface area contributed by atoms with Crippen molar-refractivity contribution in [2.45, 2.75) is 37.5 Å². The van der Waals surface area contributed by atoms with E-state index in [2.05, 4.69) is 5.32 Å². The lowest BCUT2D eigenvalue weighted by molar-refractivity contribution is -0.134. The maximum atomic E-state index is 13.0. The molecule has 2 heterocycles. The Morgan fingerprint density at radius 2 is 1.79 bits per heavy atom. The summed E-state index contributed by atoms with van der Waals surface area (Å²) in [4.78, 5) is 0.110. The van der Waals surface area contributed by atoms with Crippen LogP contribution in [0.3, 0.4) is 0 Å². The molecule has 0 unspecified atom stereocenters. The molecule has 0 saturated carbocycles. The predicted molar refractivity (Wildman–Crippen MR) is 90.2 cm³/mol. The van der Waals surface area contributed by atoms with Gasteiger partial charge in [-0.25, -0.2) is 0 Å². The SMILES string of the molecule is Br.Oc1cc2c(cc1O)[C@H]1c3cc(C(F)(F)F)sc3CN[C@@H]1CC2. The highest BCUT2D eigenvalue weighted by atomic mass is 79.9. The lowest BCUT2D eigenvalue weighted by Crippen LogP contribution is -2.41. The van der Waals surface area contributed by atoms with Crippen molar-refractivity contribution in [1.82, 2.24) is 5.32 Å². The first-order valence-electron chi connectivity index (χ1n) is 7.32. The molecule has 2 atom stereocenters. The van der Waals surface area contributed by atoms with Crippen LogP contribution in [0.4, 0.5) is 13.2 Å². The Morgan fingerprint density at radius 1 is 1.08 bits per heavy atom. The molecule has 0 radical (unpaired) electrons. The Bertz CT molecular complexity index is 790. The van der Waals surface area contributed by atoms with Crippen LogP contribution in [0.25, 0.3) is 0 Å². The molecule has 1 aliphatic carbocycles.